The molecule has 1 aromatic heterocycles. The van der Waals surface area contributed by atoms with Crippen molar-refractivity contribution in [1.82, 2.24) is 15.1 Å². The fourth-order valence-electron chi connectivity index (χ4n) is 3.39. The number of carbonyl (C=O) groups is 1. The molecule has 1 atom stereocenters. The first-order chi connectivity index (χ1) is 13.9. The molecule has 0 saturated carbocycles. The van der Waals surface area contributed by atoms with Crippen LogP contribution < -0.4 is 5.56 Å². The van der Waals surface area contributed by atoms with Crippen LogP contribution in [0.2, 0.25) is 0 Å². The summed E-state index contributed by atoms with van der Waals surface area (Å²) in [7, 11) is -2.73. The minimum atomic E-state index is -2.73. The summed E-state index contributed by atoms with van der Waals surface area (Å²) < 4.78 is 19.6. The second-order valence-electron chi connectivity index (χ2n) is 7.12. The van der Waals surface area contributed by atoms with Gasteiger partial charge < -0.3 is 4.90 Å². The standard InChI is InChI=1S/C21H20N4O3S/c1-29(22,28)16-12-25(13-16)21(27)18-17(14-8-4-2-5-9-14)19(23-24-20(18)26)15-10-6-3-7-11-15/h2-11,16,22H,12-13H2,1H3,(H,24,26). The van der Waals surface area contributed by atoms with E-state index in [0.29, 0.717) is 16.8 Å². The summed E-state index contributed by atoms with van der Waals surface area (Å²) >= 11 is 0. The van der Waals surface area contributed by atoms with Gasteiger partial charge in [0.25, 0.3) is 11.5 Å². The van der Waals surface area contributed by atoms with Crippen LogP contribution >= 0.6 is 0 Å². The number of H-pyrrole nitrogens is 1. The predicted octanol–water partition coefficient (Wildman–Crippen LogP) is 2.60. The fraction of sp³-hybridized carbons (Fsp3) is 0.190. The van der Waals surface area contributed by atoms with E-state index >= 15 is 0 Å². The number of hydrogen-bond acceptors (Lipinski definition) is 5. The van der Waals surface area contributed by atoms with Crippen molar-refractivity contribution in [3.8, 4) is 22.4 Å². The number of amides is 1. The molecule has 1 saturated heterocycles. The van der Waals surface area contributed by atoms with E-state index < -0.39 is 21.2 Å². The van der Waals surface area contributed by atoms with Gasteiger partial charge in [-0.2, -0.15) is 5.10 Å². The zero-order valence-corrected chi connectivity index (χ0v) is 16.6. The van der Waals surface area contributed by atoms with Crippen molar-refractivity contribution in [2.24, 2.45) is 0 Å². The lowest BCUT2D eigenvalue weighted by Crippen LogP contribution is -2.57. The lowest BCUT2D eigenvalue weighted by Gasteiger charge is -2.39. The van der Waals surface area contributed by atoms with Gasteiger partial charge in [-0.25, -0.2) is 9.31 Å². The van der Waals surface area contributed by atoms with E-state index in [4.69, 9.17) is 4.78 Å². The molecule has 1 aliphatic rings. The molecule has 2 N–H and O–H groups in total. The Labute approximate surface area is 168 Å². The highest BCUT2D eigenvalue weighted by Gasteiger charge is 2.38. The Morgan fingerprint density at radius 2 is 1.62 bits per heavy atom. The first kappa shape index (κ1) is 19.1. The van der Waals surface area contributed by atoms with Gasteiger partial charge in [0.15, 0.2) is 0 Å². The van der Waals surface area contributed by atoms with Crippen LogP contribution in [-0.2, 0) is 9.73 Å². The van der Waals surface area contributed by atoms with Gasteiger partial charge in [0.05, 0.1) is 10.9 Å². The average molecular weight is 408 g/mol. The van der Waals surface area contributed by atoms with E-state index in [1.807, 2.05) is 60.7 Å². The number of carbonyl (C=O) groups excluding carboxylic acids is 1. The third-order valence-corrected chi connectivity index (χ3v) is 6.65. The Bertz CT molecular complexity index is 1220. The molecule has 8 heteroatoms. The summed E-state index contributed by atoms with van der Waals surface area (Å²) in [6, 6.07) is 18.6. The summed E-state index contributed by atoms with van der Waals surface area (Å²) in [5.74, 6) is -0.440. The Hall–Kier alpha value is -3.26. The number of nitrogens with one attached hydrogen (secondary N) is 2. The van der Waals surface area contributed by atoms with Crippen molar-refractivity contribution >= 4 is 15.6 Å². The summed E-state index contributed by atoms with van der Waals surface area (Å²) in [6.07, 6.45) is 1.38. The van der Waals surface area contributed by atoms with Gasteiger partial charge >= 0.3 is 0 Å². The molecule has 148 valence electrons. The first-order valence-corrected chi connectivity index (χ1v) is 11.1. The number of rotatable bonds is 4. The van der Waals surface area contributed by atoms with Crippen molar-refractivity contribution in [1.29, 1.82) is 4.78 Å². The van der Waals surface area contributed by atoms with Gasteiger partial charge in [-0.05, 0) is 5.56 Å². The molecule has 1 aliphatic heterocycles. The van der Waals surface area contributed by atoms with Crippen LogP contribution in [0, 0.1) is 4.78 Å². The highest BCUT2D eigenvalue weighted by Crippen LogP contribution is 2.32. The van der Waals surface area contributed by atoms with Gasteiger partial charge in [0.1, 0.15) is 5.56 Å². The van der Waals surface area contributed by atoms with Crippen LogP contribution in [0.5, 0.6) is 0 Å². The monoisotopic (exact) mass is 408 g/mol. The SMILES string of the molecule is CS(=N)(=O)C1CN(C(=O)c2c(-c3ccccc3)c(-c3ccccc3)n[nH]c2=O)C1. The second-order valence-corrected chi connectivity index (χ2v) is 9.59. The maximum Gasteiger partial charge on any atom is 0.277 e. The number of aromatic nitrogens is 2. The zero-order chi connectivity index (χ0) is 20.6. The second kappa shape index (κ2) is 7.29. The first-order valence-electron chi connectivity index (χ1n) is 9.11. The summed E-state index contributed by atoms with van der Waals surface area (Å²) in [5, 5.41) is 6.32. The van der Waals surface area contributed by atoms with Crippen molar-refractivity contribution in [3.63, 3.8) is 0 Å². The molecule has 2 heterocycles. The minimum Gasteiger partial charge on any atom is -0.336 e. The molecule has 1 unspecified atom stereocenters. The highest BCUT2D eigenvalue weighted by atomic mass is 32.2. The number of benzene rings is 2. The predicted molar refractivity (Wildman–Crippen MR) is 112 cm³/mol. The largest absolute Gasteiger partial charge is 0.336 e. The number of nitrogens with zero attached hydrogens (tertiary/aromatic N) is 2. The van der Waals surface area contributed by atoms with E-state index in [0.717, 1.165) is 5.56 Å². The molecule has 0 radical (unpaired) electrons. The Morgan fingerprint density at radius 1 is 1.07 bits per heavy atom. The van der Waals surface area contributed by atoms with Crippen LogP contribution in [0.15, 0.2) is 65.5 Å². The molecular formula is C21H20N4O3S. The molecular weight excluding hydrogens is 388 g/mol. The van der Waals surface area contributed by atoms with Crippen LogP contribution in [0.25, 0.3) is 22.4 Å². The van der Waals surface area contributed by atoms with Gasteiger partial charge in [0.2, 0.25) is 0 Å². The lowest BCUT2D eigenvalue weighted by atomic mass is 9.94. The van der Waals surface area contributed by atoms with Crippen LogP contribution in [0.3, 0.4) is 0 Å². The summed E-state index contributed by atoms with van der Waals surface area (Å²) in [5.41, 5.74) is 1.91. The average Bonchev–Trinajstić information content (AvgIpc) is 2.66. The zero-order valence-electron chi connectivity index (χ0n) is 15.8. The van der Waals surface area contributed by atoms with Gasteiger partial charge in [-0.3, -0.25) is 14.4 Å². The number of hydrogen-bond donors (Lipinski definition) is 2. The van der Waals surface area contributed by atoms with E-state index in [-0.39, 0.29) is 23.9 Å². The smallest absolute Gasteiger partial charge is 0.277 e. The van der Waals surface area contributed by atoms with Crippen molar-refractivity contribution in [2.75, 3.05) is 19.3 Å². The number of aromatic amines is 1. The molecule has 0 aliphatic carbocycles. The maximum atomic E-state index is 13.2. The third-order valence-electron chi connectivity index (χ3n) is 5.08. The van der Waals surface area contributed by atoms with Gasteiger partial charge in [0, 0.05) is 40.2 Å². The van der Waals surface area contributed by atoms with Crippen LogP contribution in [-0.4, -0.2) is 49.8 Å². The molecule has 0 bridgehead atoms. The van der Waals surface area contributed by atoms with Crippen molar-refractivity contribution < 1.29 is 9.00 Å². The Kier molecular flexibility index (Phi) is 4.79. The van der Waals surface area contributed by atoms with Gasteiger partial charge in [-0.1, -0.05) is 60.7 Å². The molecule has 3 aromatic rings. The molecule has 2 aromatic carbocycles. The number of likely N-dealkylation sites (tertiary alicyclic amines) is 1. The van der Waals surface area contributed by atoms with Crippen molar-refractivity contribution in [2.45, 2.75) is 5.25 Å². The topological polar surface area (TPSA) is 107 Å². The molecule has 0 spiro atoms. The summed E-state index contributed by atoms with van der Waals surface area (Å²) in [6.45, 7) is 0.405. The molecule has 7 nitrogen and oxygen atoms in total. The van der Waals surface area contributed by atoms with E-state index in [9.17, 15) is 13.8 Å². The molecule has 1 amide bonds. The fourth-order valence-corrected chi connectivity index (χ4v) is 4.32. The quantitative estimate of drug-likeness (QED) is 0.692. The van der Waals surface area contributed by atoms with Crippen molar-refractivity contribution in [3.05, 3.63) is 76.6 Å². The highest BCUT2D eigenvalue weighted by molar-refractivity contribution is 7.92. The van der Waals surface area contributed by atoms with E-state index in [1.54, 1.807) is 0 Å². The Balaban J connectivity index is 1.86. The molecule has 29 heavy (non-hydrogen) atoms. The Morgan fingerprint density at radius 3 is 2.17 bits per heavy atom. The van der Waals surface area contributed by atoms with Crippen LogP contribution in [0.4, 0.5) is 0 Å². The lowest BCUT2D eigenvalue weighted by molar-refractivity contribution is 0.0659. The molecule has 4 rings (SSSR count). The maximum absolute atomic E-state index is 13.2. The van der Waals surface area contributed by atoms with E-state index in [2.05, 4.69) is 10.2 Å². The summed E-state index contributed by atoms with van der Waals surface area (Å²) in [4.78, 5) is 27.4. The third kappa shape index (κ3) is 3.58. The minimum absolute atomic E-state index is 0.0103. The van der Waals surface area contributed by atoms with E-state index in [1.165, 1.54) is 11.2 Å². The molecule has 1 fully saturated rings. The normalized spacial score (nSPS) is 16.1. The van der Waals surface area contributed by atoms with Gasteiger partial charge in [-0.15, -0.1) is 0 Å². The van der Waals surface area contributed by atoms with Crippen LogP contribution in [0.1, 0.15) is 10.4 Å².